The van der Waals surface area contributed by atoms with Gasteiger partial charge < -0.3 is 4.74 Å². The van der Waals surface area contributed by atoms with E-state index >= 15 is 0 Å². The van der Waals surface area contributed by atoms with Gasteiger partial charge in [-0.15, -0.1) is 11.3 Å². The van der Waals surface area contributed by atoms with Crippen LogP contribution in [0.15, 0.2) is 24.5 Å². The molecule has 0 aliphatic carbocycles. The third-order valence-corrected chi connectivity index (χ3v) is 4.60. The number of ether oxygens (including phenoxy) is 1. The molecule has 0 bridgehead atoms. The molecule has 0 aromatic carbocycles. The summed E-state index contributed by atoms with van der Waals surface area (Å²) in [6.45, 7) is 6.52. The van der Waals surface area contributed by atoms with Crippen LogP contribution in [0.3, 0.4) is 0 Å². The number of thiophene rings is 1. The minimum absolute atomic E-state index is 0.207. The Hall–Kier alpha value is -0.880. The van der Waals surface area contributed by atoms with Crippen LogP contribution in [0.2, 0.25) is 4.34 Å². The molecule has 0 amide bonds. The van der Waals surface area contributed by atoms with Gasteiger partial charge in [0.05, 0.1) is 29.8 Å². The fraction of sp³-hybridized carbons (Fsp3) is 0.500. The quantitative estimate of drug-likeness (QED) is 0.870. The Kier molecular flexibility index (Phi) is 4.41. The van der Waals surface area contributed by atoms with Crippen LogP contribution >= 0.6 is 22.9 Å². The molecule has 2 aromatic rings. The lowest BCUT2D eigenvalue weighted by molar-refractivity contribution is -0.0399. The normalized spacial score (nSPS) is 20.4. The van der Waals surface area contributed by atoms with Gasteiger partial charge in [-0.25, -0.2) is 0 Å². The van der Waals surface area contributed by atoms with Gasteiger partial charge in [0.2, 0.25) is 0 Å². The standard InChI is InChI=1S/C14H18ClN3OS/c1-11-6-16-18(7-11)9-12-8-17(4-5-19-12)10-13-2-3-14(15)20-13/h2-3,6-7,12H,4-5,8-10H2,1H3. The predicted molar refractivity (Wildman–Crippen MR) is 81.3 cm³/mol. The maximum atomic E-state index is 5.98. The van der Waals surface area contributed by atoms with E-state index in [-0.39, 0.29) is 6.10 Å². The maximum Gasteiger partial charge on any atom is 0.0931 e. The van der Waals surface area contributed by atoms with E-state index in [1.54, 1.807) is 11.3 Å². The molecule has 3 rings (SSSR count). The summed E-state index contributed by atoms with van der Waals surface area (Å²) in [6, 6.07) is 4.07. The van der Waals surface area contributed by atoms with Gasteiger partial charge in [0.15, 0.2) is 0 Å². The van der Waals surface area contributed by atoms with Gasteiger partial charge in [-0.05, 0) is 24.6 Å². The summed E-state index contributed by atoms with van der Waals surface area (Å²) in [6.07, 6.45) is 4.15. The number of hydrogen-bond donors (Lipinski definition) is 0. The summed E-state index contributed by atoms with van der Waals surface area (Å²) in [5, 5.41) is 4.32. The Balaban J connectivity index is 1.56. The number of morpholine rings is 1. The average Bonchev–Trinajstić information content (AvgIpc) is 2.99. The lowest BCUT2D eigenvalue weighted by Gasteiger charge is -2.32. The molecule has 108 valence electrons. The van der Waals surface area contributed by atoms with Crippen molar-refractivity contribution in [1.82, 2.24) is 14.7 Å². The van der Waals surface area contributed by atoms with Gasteiger partial charge in [-0.3, -0.25) is 9.58 Å². The third-order valence-electron chi connectivity index (χ3n) is 3.38. The Morgan fingerprint density at radius 2 is 2.40 bits per heavy atom. The van der Waals surface area contributed by atoms with Crippen LogP contribution in [0.5, 0.6) is 0 Å². The first-order valence-electron chi connectivity index (χ1n) is 6.76. The summed E-state index contributed by atoms with van der Waals surface area (Å²) in [4.78, 5) is 3.73. The molecule has 3 heterocycles. The molecular formula is C14H18ClN3OS. The van der Waals surface area contributed by atoms with Crippen molar-refractivity contribution in [1.29, 1.82) is 0 Å². The maximum absolute atomic E-state index is 5.98. The van der Waals surface area contributed by atoms with E-state index in [0.717, 1.165) is 37.1 Å². The molecular weight excluding hydrogens is 294 g/mol. The topological polar surface area (TPSA) is 30.3 Å². The van der Waals surface area contributed by atoms with Gasteiger partial charge in [-0.1, -0.05) is 11.6 Å². The Morgan fingerprint density at radius 3 is 3.10 bits per heavy atom. The molecule has 20 heavy (non-hydrogen) atoms. The van der Waals surface area contributed by atoms with Crippen molar-refractivity contribution >= 4 is 22.9 Å². The second-order valence-corrected chi connectivity index (χ2v) is 6.97. The molecule has 0 radical (unpaired) electrons. The van der Waals surface area contributed by atoms with Crippen molar-refractivity contribution in [2.24, 2.45) is 0 Å². The molecule has 1 aliphatic heterocycles. The molecule has 1 atom stereocenters. The minimum atomic E-state index is 0.207. The van der Waals surface area contributed by atoms with E-state index < -0.39 is 0 Å². The average molecular weight is 312 g/mol. The predicted octanol–water partition coefficient (Wildman–Crippen LogP) is 2.81. The molecule has 0 N–H and O–H groups in total. The van der Waals surface area contributed by atoms with Gasteiger partial charge in [-0.2, -0.15) is 5.10 Å². The zero-order valence-electron chi connectivity index (χ0n) is 11.5. The summed E-state index contributed by atoms with van der Waals surface area (Å²) in [7, 11) is 0. The lowest BCUT2D eigenvalue weighted by atomic mass is 10.2. The fourth-order valence-electron chi connectivity index (χ4n) is 2.47. The second-order valence-electron chi connectivity index (χ2n) is 5.17. The van der Waals surface area contributed by atoms with Gasteiger partial charge in [0, 0.05) is 30.7 Å². The molecule has 1 fully saturated rings. The van der Waals surface area contributed by atoms with Crippen LogP contribution in [0.25, 0.3) is 0 Å². The number of hydrogen-bond acceptors (Lipinski definition) is 4. The van der Waals surface area contributed by atoms with E-state index in [9.17, 15) is 0 Å². The summed E-state index contributed by atoms with van der Waals surface area (Å²) in [5.74, 6) is 0. The molecule has 6 heteroatoms. The second kappa shape index (κ2) is 6.26. The van der Waals surface area contributed by atoms with Crippen molar-refractivity contribution in [3.05, 3.63) is 39.3 Å². The van der Waals surface area contributed by atoms with E-state index in [1.165, 1.54) is 10.4 Å². The first-order valence-corrected chi connectivity index (χ1v) is 7.96. The van der Waals surface area contributed by atoms with Crippen LogP contribution < -0.4 is 0 Å². The number of aryl methyl sites for hydroxylation is 1. The molecule has 0 saturated carbocycles. The Bertz CT molecular complexity index is 520. The number of nitrogens with zero attached hydrogens (tertiary/aromatic N) is 3. The monoisotopic (exact) mass is 311 g/mol. The highest BCUT2D eigenvalue weighted by atomic mass is 35.5. The Labute approximate surface area is 127 Å². The third kappa shape index (κ3) is 3.61. The number of rotatable bonds is 4. The van der Waals surface area contributed by atoms with E-state index in [0.29, 0.717) is 0 Å². The minimum Gasteiger partial charge on any atom is -0.374 e. The molecule has 0 spiro atoms. The van der Waals surface area contributed by atoms with Crippen molar-refractivity contribution in [2.75, 3.05) is 19.7 Å². The van der Waals surface area contributed by atoms with Gasteiger partial charge in [0.1, 0.15) is 0 Å². The summed E-state index contributed by atoms with van der Waals surface area (Å²) < 4.78 is 8.66. The molecule has 1 aliphatic rings. The van der Waals surface area contributed by atoms with Gasteiger partial charge >= 0.3 is 0 Å². The Morgan fingerprint density at radius 1 is 1.50 bits per heavy atom. The highest BCUT2D eigenvalue weighted by molar-refractivity contribution is 7.16. The summed E-state index contributed by atoms with van der Waals surface area (Å²) >= 11 is 7.64. The van der Waals surface area contributed by atoms with Crippen LogP contribution in [0.1, 0.15) is 10.4 Å². The highest BCUT2D eigenvalue weighted by Gasteiger charge is 2.21. The largest absolute Gasteiger partial charge is 0.374 e. The van der Waals surface area contributed by atoms with Crippen molar-refractivity contribution < 1.29 is 4.74 Å². The number of aromatic nitrogens is 2. The van der Waals surface area contributed by atoms with Gasteiger partial charge in [0.25, 0.3) is 0 Å². The molecule has 4 nitrogen and oxygen atoms in total. The summed E-state index contributed by atoms with van der Waals surface area (Å²) in [5.41, 5.74) is 1.19. The van der Waals surface area contributed by atoms with Crippen molar-refractivity contribution in [3.63, 3.8) is 0 Å². The smallest absolute Gasteiger partial charge is 0.0931 e. The lowest BCUT2D eigenvalue weighted by Crippen LogP contribution is -2.43. The highest BCUT2D eigenvalue weighted by Crippen LogP contribution is 2.23. The van der Waals surface area contributed by atoms with E-state index in [1.807, 2.05) is 16.9 Å². The zero-order chi connectivity index (χ0) is 13.9. The van der Waals surface area contributed by atoms with Crippen LogP contribution in [-0.2, 0) is 17.8 Å². The van der Waals surface area contributed by atoms with E-state index in [2.05, 4.69) is 29.2 Å². The fourth-order valence-corrected chi connectivity index (χ4v) is 3.60. The van der Waals surface area contributed by atoms with Crippen LogP contribution in [0.4, 0.5) is 0 Å². The first-order chi connectivity index (χ1) is 9.69. The van der Waals surface area contributed by atoms with Crippen LogP contribution in [0, 0.1) is 6.92 Å². The van der Waals surface area contributed by atoms with Crippen molar-refractivity contribution in [2.45, 2.75) is 26.1 Å². The van der Waals surface area contributed by atoms with Crippen LogP contribution in [-0.4, -0.2) is 40.5 Å². The molecule has 1 saturated heterocycles. The first kappa shape index (κ1) is 14.1. The van der Waals surface area contributed by atoms with E-state index in [4.69, 9.17) is 16.3 Å². The number of halogens is 1. The molecule has 1 unspecified atom stereocenters. The zero-order valence-corrected chi connectivity index (χ0v) is 13.0. The molecule has 2 aromatic heterocycles. The van der Waals surface area contributed by atoms with Crippen molar-refractivity contribution in [3.8, 4) is 0 Å². The SMILES string of the molecule is Cc1cnn(CC2CN(Cc3ccc(Cl)s3)CCO2)c1.